The third-order valence-corrected chi connectivity index (χ3v) is 2.89. The number of hydrogen-bond donors (Lipinski definition) is 1. The number of hydrogen-bond acceptors (Lipinski definition) is 3. The average Bonchev–Trinajstić information content (AvgIpc) is 2.82. The van der Waals surface area contributed by atoms with Crippen LogP contribution in [0.5, 0.6) is 0 Å². The minimum Gasteiger partial charge on any atom is -0.395 e. The maximum Gasteiger partial charge on any atom is 0.0593 e. The van der Waals surface area contributed by atoms with Crippen molar-refractivity contribution in [3.05, 3.63) is 0 Å². The lowest BCUT2D eigenvalue weighted by Crippen LogP contribution is -2.33. The fourth-order valence-corrected chi connectivity index (χ4v) is 1.89. The minimum atomic E-state index is 0.274. The Morgan fingerprint density at radius 1 is 1.42 bits per heavy atom. The molecule has 2 rings (SSSR count). The van der Waals surface area contributed by atoms with Crippen molar-refractivity contribution < 1.29 is 9.84 Å². The maximum atomic E-state index is 8.82. The first-order valence-electron chi connectivity index (χ1n) is 4.76. The molecule has 12 heavy (non-hydrogen) atoms. The molecule has 2 aliphatic rings. The molecule has 1 N–H and O–H groups in total. The fourth-order valence-electron chi connectivity index (χ4n) is 1.89. The van der Waals surface area contributed by atoms with Crippen molar-refractivity contribution in [1.29, 1.82) is 0 Å². The van der Waals surface area contributed by atoms with Gasteiger partial charge >= 0.3 is 0 Å². The number of aliphatic hydroxyl groups is 1. The van der Waals surface area contributed by atoms with Gasteiger partial charge in [0.15, 0.2) is 0 Å². The molecule has 1 saturated carbocycles. The van der Waals surface area contributed by atoms with E-state index in [1.807, 2.05) is 0 Å². The predicted molar refractivity (Wildman–Crippen MR) is 46.0 cm³/mol. The molecule has 3 heteroatoms. The molecule has 0 bridgehead atoms. The molecule has 1 aliphatic carbocycles. The van der Waals surface area contributed by atoms with E-state index in [9.17, 15) is 0 Å². The van der Waals surface area contributed by atoms with E-state index in [0.717, 1.165) is 32.8 Å². The Morgan fingerprint density at radius 3 is 2.92 bits per heavy atom. The Balaban J connectivity index is 1.88. The quantitative estimate of drug-likeness (QED) is 0.639. The SMILES string of the molecule is OCCN1CCOCC2(CC2)C1. The normalized spacial score (nSPS) is 28.8. The number of rotatable bonds is 2. The largest absolute Gasteiger partial charge is 0.395 e. The van der Waals surface area contributed by atoms with Crippen molar-refractivity contribution in [2.45, 2.75) is 12.8 Å². The summed E-state index contributed by atoms with van der Waals surface area (Å²) in [6.07, 6.45) is 2.63. The first-order chi connectivity index (χ1) is 5.85. The highest BCUT2D eigenvalue weighted by atomic mass is 16.5. The van der Waals surface area contributed by atoms with Crippen molar-refractivity contribution in [2.75, 3.05) is 39.5 Å². The van der Waals surface area contributed by atoms with Crippen molar-refractivity contribution in [1.82, 2.24) is 4.90 Å². The molecule has 0 aromatic carbocycles. The highest BCUT2D eigenvalue weighted by Crippen LogP contribution is 2.47. The second-order valence-corrected chi connectivity index (χ2v) is 4.05. The topological polar surface area (TPSA) is 32.7 Å². The van der Waals surface area contributed by atoms with E-state index in [1.165, 1.54) is 12.8 Å². The zero-order chi connectivity index (χ0) is 8.44. The third-order valence-electron chi connectivity index (χ3n) is 2.89. The lowest BCUT2D eigenvalue weighted by Gasteiger charge is -2.21. The highest BCUT2D eigenvalue weighted by Gasteiger charge is 2.44. The fraction of sp³-hybridized carbons (Fsp3) is 1.00. The molecule has 0 aromatic rings. The standard InChI is InChI=1S/C9H17NO2/c11-5-3-10-4-6-12-8-9(7-10)1-2-9/h11H,1-8H2. The van der Waals surface area contributed by atoms with E-state index in [-0.39, 0.29) is 6.61 Å². The van der Waals surface area contributed by atoms with Crippen LogP contribution in [0.4, 0.5) is 0 Å². The van der Waals surface area contributed by atoms with Gasteiger partial charge in [0.2, 0.25) is 0 Å². The maximum absolute atomic E-state index is 8.82. The summed E-state index contributed by atoms with van der Waals surface area (Å²) in [5, 5.41) is 8.82. The molecule has 0 amide bonds. The zero-order valence-corrected chi connectivity index (χ0v) is 7.46. The molecule has 0 unspecified atom stereocenters. The first-order valence-corrected chi connectivity index (χ1v) is 4.76. The lowest BCUT2D eigenvalue weighted by atomic mass is 10.1. The van der Waals surface area contributed by atoms with E-state index in [1.54, 1.807) is 0 Å². The third kappa shape index (κ3) is 1.79. The Kier molecular flexibility index (Phi) is 2.35. The van der Waals surface area contributed by atoms with Crippen LogP contribution in [0.1, 0.15) is 12.8 Å². The summed E-state index contributed by atoms with van der Waals surface area (Å²) in [6.45, 7) is 4.98. The first kappa shape index (κ1) is 8.48. The number of ether oxygens (including phenoxy) is 1. The van der Waals surface area contributed by atoms with Gasteiger partial charge in [0.05, 0.1) is 19.8 Å². The molecule has 3 nitrogen and oxygen atoms in total. The Labute approximate surface area is 73.3 Å². The molecule has 70 valence electrons. The van der Waals surface area contributed by atoms with Gasteiger partial charge < -0.3 is 9.84 Å². The predicted octanol–water partition coefficient (Wildman–Crippen LogP) is 0.0911. The van der Waals surface area contributed by atoms with Gasteiger partial charge in [-0.05, 0) is 12.8 Å². The molecular weight excluding hydrogens is 154 g/mol. The summed E-state index contributed by atoms with van der Waals surface area (Å²) >= 11 is 0. The van der Waals surface area contributed by atoms with Crippen molar-refractivity contribution >= 4 is 0 Å². The van der Waals surface area contributed by atoms with Crippen LogP contribution in [0.2, 0.25) is 0 Å². The van der Waals surface area contributed by atoms with Gasteiger partial charge in [-0.3, -0.25) is 4.90 Å². The molecule has 0 radical (unpaired) electrons. The van der Waals surface area contributed by atoms with E-state index >= 15 is 0 Å². The molecule has 0 aromatic heterocycles. The second kappa shape index (κ2) is 3.32. The van der Waals surface area contributed by atoms with Crippen LogP contribution in [-0.2, 0) is 4.74 Å². The summed E-state index contributed by atoms with van der Waals surface area (Å²) in [4.78, 5) is 2.32. The zero-order valence-electron chi connectivity index (χ0n) is 7.46. The Morgan fingerprint density at radius 2 is 2.25 bits per heavy atom. The van der Waals surface area contributed by atoms with E-state index in [2.05, 4.69) is 4.90 Å². The number of β-amino-alcohol motifs (C(OH)–C–C–N with tert-alkyl or cyclic N) is 1. The Bertz CT molecular complexity index is 157. The number of aliphatic hydroxyl groups excluding tert-OH is 1. The minimum absolute atomic E-state index is 0.274. The van der Waals surface area contributed by atoms with Gasteiger partial charge in [0, 0.05) is 25.0 Å². The highest BCUT2D eigenvalue weighted by molar-refractivity contribution is 4.96. The van der Waals surface area contributed by atoms with Gasteiger partial charge in [-0.2, -0.15) is 0 Å². The van der Waals surface area contributed by atoms with E-state index in [4.69, 9.17) is 9.84 Å². The summed E-state index contributed by atoms with van der Waals surface area (Å²) in [7, 11) is 0. The summed E-state index contributed by atoms with van der Waals surface area (Å²) in [5.41, 5.74) is 0.478. The van der Waals surface area contributed by atoms with Crippen LogP contribution >= 0.6 is 0 Å². The van der Waals surface area contributed by atoms with Gasteiger partial charge in [-0.25, -0.2) is 0 Å². The summed E-state index contributed by atoms with van der Waals surface area (Å²) < 4.78 is 5.53. The second-order valence-electron chi connectivity index (χ2n) is 4.05. The van der Waals surface area contributed by atoms with Crippen molar-refractivity contribution in [2.24, 2.45) is 5.41 Å². The van der Waals surface area contributed by atoms with Crippen LogP contribution in [-0.4, -0.2) is 49.5 Å². The lowest BCUT2D eigenvalue weighted by molar-refractivity contribution is 0.115. The number of nitrogens with zero attached hydrogens (tertiary/aromatic N) is 1. The molecule has 1 aliphatic heterocycles. The van der Waals surface area contributed by atoms with Gasteiger partial charge in [0.25, 0.3) is 0 Å². The molecular formula is C9H17NO2. The van der Waals surface area contributed by atoms with Crippen LogP contribution in [0.3, 0.4) is 0 Å². The smallest absolute Gasteiger partial charge is 0.0593 e. The van der Waals surface area contributed by atoms with Gasteiger partial charge in [0.1, 0.15) is 0 Å². The summed E-state index contributed by atoms with van der Waals surface area (Å²) in [6, 6.07) is 0. The van der Waals surface area contributed by atoms with E-state index in [0.29, 0.717) is 5.41 Å². The van der Waals surface area contributed by atoms with Crippen molar-refractivity contribution in [3.63, 3.8) is 0 Å². The monoisotopic (exact) mass is 171 g/mol. The van der Waals surface area contributed by atoms with E-state index < -0.39 is 0 Å². The molecule has 0 atom stereocenters. The van der Waals surface area contributed by atoms with Crippen LogP contribution in [0.15, 0.2) is 0 Å². The molecule has 1 saturated heterocycles. The van der Waals surface area contributed by atoms with Gasteiger partial charge in [-0.1, -0.05) is 0 Å². The Hall–Kier alpha value is -0.120. The molecule has 2 fully saturated rings. The van der Waals surface area contributed by atoms with Crippen molar-refractivity contribution in [3.8, 4) is 0 Å². The molecule has 1 spiro atoms. The van der Waals surface area contributed by atoms with Crippen LogP contribution in [0, 0.1) is 5.41 Å². The summed E-state index contributed by atoms with van der Waals surface area (Å²) in [5.74, 6) is 0. The van der Waals surface area contributed by atoms with Gasteiger partial charge in [-0.15, -0.1) is 0 Å². The average molecular weight is 171 g/mol. The van der Waals surface area contributed by atoms with Crippen LogP contribution in [0.25, 0.3) is 0 Å². The van der Waals surface area contributed by atoms with Crippen LogP contribution < -0.4 is 0 Å². The molecule has 1 heterocycles.